The van der Waals surface area contributed by atoms with Gasteiger partial charge in [0.05, 0.1) is 6.10 Å². The lowest BCUT2D eigenvalue weighted by Gasteiger charge is -2.22. The molecule has 1 nitrogen and oxygen atoms in total. The van der Waals surface area contributed by atoms with Gasteiger partial charge in [0.2, 0.25) is 0 Å². The van der Waals surface area contributed by atoms with E-state index in [0.717, 1.165) is 19.3 Å². The Kier molecular flexibility index (Phi) is 4.00. The van der Waals surface area contributed by atoms with Gasteiger partial charge in [-0.05, 0) is 50.5 Å². The monoisotopic (exact) mass is 218 g/mol. The predicted molar refractivity (Wildman–Crippen MR) is 68.2 cm³/mol. The SMILES string of the molecule is C=C1CCC(O)CC1=CC=C1CCCCC1. The maximum atomic E-state index is 9.63. The summed E-state index contributed by atoms with van der Waals surface area (Å²) in [6.45, 7) is 4.09. The summed E-state index contributed by atoms with van der Waals surface area (Å²) in [5.74, 6) is 0. The molecule has 0 amide bonds. The molecule has 0 aromatic carbocycles. The van der Waals surface area contributed by atoms with Gasteiger partial charge in [0.1, 0.15) is 0 Å². The molecule has 0 radical (unpaired) electrons. The van der Waals surface area contributed by atoms with Gasteiger partial charge in [0, 0.05) is 0 Å². The zero-order chi connectivity index (χ0) is 11.4. The molecule has 1 atom stereocenters. The minimum absolute atomic E-state index is 0.151. The normalized spacial score (nSPS) is 29.6. The van der Waals surface area contributed by atoms with Crippen LogP contribution >= 0.6 is 0 Å². The zero-order valence-corrected chi connectivity index (χ0v) is 10.0. The van der Waals surface area contributed by atoms with E-state index in [1.807, 2.05) is 0 Å². The van der Waals surface area contributed by atoms with Crippen LogP contribution in [0.5, 0.6) is 0 Å². The first kappa shape index (κ1) is 11.7. The average molecular weight is 218 g/mol. The summed E-state index contributed by atoms with van der Waals surface area (Å²) in [6.07, 6.45) is 13.6. The summed E-state index contributed by atoms with van der Waals surface area (Å²) < 4.78 is 0. The molecule has 0 spiro atoms. The number of rotatable bonds is 1. The molecule has 88 valence electrons. The highest BCUT2D eigenvalue weighted by Crippen LogP contribution is 2.29. The van der Waals surface area contributed by atoms with Crippen molar-refractivity contribution in [2.24, 2.45) is 0 Å². The van der Waals surface area contributed by atoms with Crippen LogP contribution in [0.15, 0.2) is 35.5 Å². The van der Waals surface area contributed by atoms with Gasteiger partial charge < -0.3 is 5.11 Å². The van der Waals surface area contributed by atoms with Gasteiger partial charge in [-0.15, -0.1) is 0 Å². The van der Waals surface area contributed by atoms with Crippen molar-refractivity contribution in [3.8, 4) is 0 Å². The number of allylic oxidation sites excluding steroid dienone is 4. The number of aliphatic hydroxyl groups is 1. The molecule has 0 aromatic heterocycles. The van der Waals surface area contributed by atoms with Crippen molar-refractivity contribution in [2.75, 3.05) is 0 Å². The molecular weight excluding hydrogens is 196 g/mol. The molecule has 0 bridgehead atoms. The average Bonchev–Trinajstić information content (AvgIpc) is 2.32. The highest BCUT2D eigenvalue weighted by molar-refractivity contribution is 5.35. The third-order valence-electron chi connectivity index (χ3n) is 3.71. The van der Waals surface area contributed by atoms with Crippen LogP contribution < -0.4 is 0 Å². The van der Waals surface area contributed by atoms with Crippen LogP contribution in [-0.4, -0.2) is 11.2 Å². The molecule has 16 heavy (non-hydrogen) atoms. The second-order valence-corrected chi connectivity index (χ2v) is 5.08. The first-order valence-corrected chi connectivity index (χ1v) is 6.50. The highest BCUT2D eigenvalue weighted by Gasteiger charge is 2.16. The summed E-state index contributed by atoms with van der Waals surface area (Å²) in [7, 11) is 0. The highest BCUT2D eigenvalue weighted by atomic mass is 16.3. The van der Waals surface area contributed by atoms with Crippen LogP contribution in [0.2, 0.25) is 0 Å². The Balaban J connectivity index is 2.01. The quantitative estimate of drug-likeness (QED) is 0.707. The van der Waals surface area contributed by atoms with Crippen LogP contribution in [0.4, 0.5) is 0 Å². The van der Waals surface area contributed by atoms with E-state index in [0.29, 0.717) is 0 Å². The molecule has 0 aliphatic heterocycles. The van der Waals surface area contributed by atoms with E-state index in [9.17, 15) is 5.11 Å². The lowest BCUT2D eigenvalue weighted by atomic mass is 9.87. The second kappa shape index (κ2) is 5.49. The van der Waals surface area contributed by atoms with Gasteiger partial charge in [-0.2, -0.15) is 0 Å². The fraction of sp³-hybridized carbons (Fsp3) is 0.600. The fourth-order valence-electron chi connectivity index (χ4n) is 2.58. The predicted octanol–water partition coefficient (Wildman–Crippen LogP) is 3.90. The lowest BCUT2D eigenvalue weighted by molar-refractivity contribution is 0.158. The van der Waals surface area contributed by atoms with E-state index in [-0.39, 0.29) is 6.10 Å². The molecule has 2 rings (SSSR count). The first-order chi connectivity index (χ1) is 7.75. The van der Waals surface area contributed by atoms with E-state index < -0.39 is 0 Å². The van der Waals surface area contributed by atoms with Crippen molar-refractivity contribution in [3.63, 3.8) is 0 Å². The van der Waals surface area contributed by atoms with Crippen molar-refractivity contribution in [1.29, 1.82) is 0 Å². The number of hydrogen-bond acceptors (Lipinski definition) is 1. The Morgan fingerprint density at radius 2 is 1.81 bits per heavy atom. The van der Waals surface area contributed by atoms with E-state index in [1.54, 1.807) is 5.57 Å². The Bertz CT molecular complexity index is 314. The van der Waals surface area contributed by atoms with Crippen molar-refractivity contribution in [2.45, 2.75) is 57.5 Å². The van der Waals surface area contributed by atoms with Gasteiger partial charge >= 0.3 is 0 Å². The fourth-order valence-corrected chi connectivity index (χ4v) is 2.58. The molecule has 0 aromatic rings. The third-order valence-corrected chi connectivity index (χ3v) is 3.71. The number of aliphatic hydroxyl groups excluding tert-OH is 1. The second-order valence-electron chi connectivity index (χ2n) is 5.08. The largest absolute Gasteiger partial charge is 0.393 e. The summed E-state index contributed by atoms with van der Waals surface area (Å²) in [5, 5.41) is 9.63. The molecule has 2 aliphatic carbocycles. The Morgan fingerprint density at radius 1 is 1.06 bits per heavy atom. The standard InChI is InChI=1S/C15H22O/c1-12-7-10-15(16)11-14(12)9-8-13-5-3-2-4-6-13/h8-9,15-16H,1-7,10-11H2. The van der Waals surface area contributed by atoms with Crippen molar-refractivity contribution in [3.05, 3.63) is 35.5 Å². The van der Waals surface area contributed by atoms with Gasteiger partial charge in [-0.3, -0.25) is 0 Å². The van der Waals surface area contributed by atoms with E-state index in [2.05, 4.69) is 18.7 Å². The zero-order valence-electron chi connectivity index (χ0n) is 10.0. The molecule has 1 unspecified atom stereocenters. The maximum Gasteiger partial charge on any atom is 0.0583 e. The number of hydrogen-bond donors (Lipinski definition) is 1. The molecule has 2 aliphatic rings. The first-order valence-electron chi connectivity index (χ1n) is 6.50. The summed E-state index contributed by atoms with van der Waals surface area (Å²) in [4.78, 5) is 0. The van der Waals surface area contributed by atoms with Crippen molar-refractivity contribution < 1.29 is 5.11 Å². The Hall–Kier alpha value is -0.820. The van der Waals surface area contributed by atoms with Crippen molar-refractivity contribution >= 4 is 0 Å². The molecule has 0 saturated heterocycles. The minimum atomic E-state index is -0.151. The van der Waals surface area contributed by atoms with Gasteiger partial charge in [-0.1, -0.05) is 36.3 Å². The van der Waals surface area contributed by atoms with Crippen LogP contribution in [0.25, 0.3) is 0 Å². The molecule has 1 heteroatoms. The minimum Gasteiger partial charge on any atom is -0.393 e. The smallest absolute Gasteiger partial charge is 0.0583 e. The summed E-state index contributed by atoms with van der Waals surface area (Å²) in [6, 6.07) is 0. The van der Waals surface area contributed by atoms with E-state index in [1.165, 1.54) is 43.3 Å². The van der Waals surface area contributed by atoms with E-state index >= 15 is 0 Å². The molecule has 2 saturated carbocycles. The van der Waals surface area contributed by atoms with Crippen LogP contribution in [-0.2, 0) is 0 Å². The van der Waals surface area contributed by atoms with Crippen LogP contribution in [0.1, 0.15) is 51.4 Å². The van der Waals surface area contributed by atoms with Gasteiger partial charge in [0.25, 0.3) is 0 Å². The molecule has 1 N–H and O–H groups in total. The summed E-state index contributed by atoms with van der Waals surface area (Å²) >= 11 is 0. The summed E-state index contributed by atoms with van der Waals surface area (Å²) in [5.41, 5.74) is 4.06. The Labute approximate surface area is 98.6 Å². The molecular formula is C15H22O. The molecule has 0 heterocycles. The maximum absolute atomic E-state index is 9.63. The topological polar surface area (TPSA) is 20.2 Å². The Morgan fingerprint density at radius 3 is 2.56 bits per heavy atom. The van der Waals surface area contributed by atoms with Crippen LogP contribution in [0, 0.1) is 0 Å². The molecule has 2 fully saturated rings. The van der Waals surface area contributed by atoms with Gasteiger partial charge in [0.15, 0.2) is 0 Å². The van der Waals surface area contributed by atoms with Crippen molar-refractivity contribution in [1.82, 2.24) is 0 Å². The van der Waals surface area contributed by atoms with Gasteiger partial charge in [-0.25, -0.2) is 0 Å². The lowest BCUT2D eigenvalue weighted by Crippen LogP contribution is -2.14. The third kappa shape index (κ3) is 3.08. The van der Waals surface area contributed by atoms with E-state index in [4.69, 9.17) is 0 Å². The van der Waals surface area contributed by atoms with Crippen LogP contribution in [0.3, 0.4) is 0 Å².